The van der Waals surface area contributed by atoms with Gasteiger partial charge in [0.25, 0.3) is 0 Å². The van der Waals surface area contributed by atoms with E-state index in [0.29, 0.717) is 56.9 Å². The van der Waals surface area contributed by atoms with Crippen molar-refractivity contribution in [2.75, 3.05) is 18.8 Å². The van der Waals surface area contributed by atoms with Crippen molar-refractivity contribution in [3.8, 4) is 0 Å². The number of thioether (sulfide) groups is 1. The number of aliphatic carboxylic acids is 1. The monoisotopic (exact) mass is 485 g/mol. The lowest BCUT2D eigenvalue weighted by molar-refractivity contribution is -0.142. The summed E-state index contributed by atoms with van der Waals surface area (Å²) in [6.45, 7) is 1.09. The number of carboxylic acid groups (broad SMARTS) is 1. The van der Waals surface area contributed by atoms with E-state index in [1.807, 2.05) is 11.8 Å². The summed E-state index contributed by atoms with van der Waals surface area (Å²) in [6, 6.07) is -0.543. The lowest BCUT2D eigenvalue weighted by Crippen LogP contribution is -2.40. The summed E-state index contributed by atoms with van der Waals surface area (Å²) >= 11 is 1.88. The second kappa shape index (κ2) is 15.0. The molecule has 4 amide bonds. The fourth-order valence-electron chi connectivity index (χ4n) is 4.19. The van der Waals surface area contributed by atoms with Gasteiger partial charge < -0.3 is 32.1 Å². The van der Waals surface area contributed by atoms with Crippen molar-refractivity contribution < 1.29 is 24.3 Å². The molecule has 2 fully saturated rings. The molecule has 2 rings (SSSR count). The molecular formula is C22H39N5O5S. The smallest absolute Gasteiger partial charge is 0.326 e. The Morgan fingerprint density at radius 1 is 1.03 bits per heavy atom. The Morgan fingerprint density at radius 3 is 2.55 bits per heavy atom. The molecule has 2 aliphatic rings. The molecule has 4 unspecified atom stereocenters. The van der Waals surface area contributed by atoms with Crippen LogP contribution in [0.3, 0.4) is 0 Å². The molecule has 10 nitrogen and oxygen atoms in total. The predicted molar refractivity (Wildman–Crippen MR) is 128 cm³/mol. The second-order valence-corrected chi connectivity index (χ2v) is 10.0. The number of hydrogen-bond acceptors (Lipinski definition) is 6. The number of nitrogens with two attached hydrogens (primary N) is 1. The number of hydrogen-bond donors (Lipinski definition) is 6. The van der Waals surface area contributed by atoms with E-state index in [2.05, 4.69) is 21.3 Å². The van der Waals surface area contributed by atoms with Gasteiger partial charge in [-0.25, -0.2) is 9.59 Å². The average molecular weight is 486 g/mol. The number of fused-ring (bicyclic) bond motifs is 1. The fraction of sp³-hybridized carbons (Fsp3) is 0.818. The van der Waals surface area contributed by atoms with Gasteiger partial charge in [-0.05, 0) is 51.5 Å². The van der Waals surface area contributed by atoms with E-state index in [4.69, 9.17) is 5.73 Å². The van der Waals surface area contributed by atoms with Gasteiger partial charge in [0, 0.05) is 30.4 Å². The van der Waals surface area contributed by atoms with Crippen LogP contribution in [0.15, 0.2) is 0 Å². The zero-order valence-electron chi connectivity index (χ0n) is 19.3. The third kappa shape index (κ3) is 10.2. The van der Waals surface area contributed by atoms with Crippen LogP contribution in [0.25, 0.3) is 0 Å². The summed E-state index contributed by atoms with van der Waals surface area (Å²) in [5, 5.41) is 21.1. The van der Waals surface area contributed by atoms with Crippen LogP contribution in [0.1, 0.15) is 70.6 Å². The second-order valence-electron chi connectivity index (χ2n) is 8.77. The summed E-state index contributed by atoms with van der Waals surface area (Å²) in [4.78, 5) is 46.7. The van der Waals surface area contributed by atoms with E-state index in [-0.39, 0.29) is 29.9 Å². The molecule has 0 radical (unpaired) electrons. The van der Waals surface area contributed by atoms with Crippen LogP contribution in [-0.4, -0.2) is 71.1 Å². The van der Waals surface area contributed by atoms with Crippen molar-refractivity contribution in [3.05, 3.63) is 0 Å². The Labute approximate surface area is 199 Å². The van der Waals surface area contributed by atoms with E-state index in [1.54, 1.807) is 0 Å². The first-order valence-corrected chi connectivity index (χ1v) is 13.1. The minimum absolute atomic E-state index is 0.00311. The Kier molecular flexibility index (Phi) is 12.4. The van der Waals surface area contributed by atoms with Gasteiger partial charge in [0.2, 0.25) is 11.8 Å². The van der Waals surface area contributed by atoms with Crippen molar-refractivity contribution in [1.29, 1.82) is 0 Å². The van der Waals surface area contributed by atoms with Gasteiger partial charge in [0.15, 0.2) is 0 Å². The highest BCUT2D eigenvalue weighted by Crippen LogP contribution is 2.33. The minimum atomic E-state index is -1.03. The fourth-order valence-corrected chi connectivity index (χ4v) is 5.74. The maximum atomic E-state index is 12.0. The number of urea groups is 1. The Morgan fingerprint density at radius 2 is 1.79 bits per heavy atom. The quantitative estimate of drug-likeness (QED) is 0.133. The molecule has 0 aliphatic carbocycles. The third-order valence-electron chi connectivity index (χ3n) is 6.06. The molecule has 0 aromatic heterocycles. The minimum Gasteiger partial charge on any atom is -0.480 e. The normalized spacial score (nSPS) is 22.2. The number of carbonyl (C=O) groups excluding carboxylic acids is 3. The molecule has 0 aromatic carbocycles. The summed E-state index contributed by atoms with van der Waals surface area (Å²) < 4.78 is 0. The van der Waals surface area contributed by atoms with E-state index < -0.39 is 12.0 Å². The van der Waals surface area contributed by atoms with Gasteiger partial charge >= 0.3 is 12.0 Å². The Bertz CT molecular complexity index is 665. The first-order chi connectivity index (χ1) is 15.9. The predicted octanol–water partition coefficient (Wildman–Crippen LogP) is 1.09. The van der Waals surface area contributed by atoms with Crippen LogP contribution >= 0.6 is 11.8 Å². The number of carbonyl (C=O) groups is 4. The molecule has 0 spiro atoms. The van der Waals surface area contributed by atoms with Crippen LogP contribution in [0.4, 0.5) is 4.79 Å². The van der Waals surface area contributed by atoms with Crippen molar-refractivity contribution >= 4 is 35.6 Å². The van der Waals surface area contributed by atoms with Gasteiger partial charge in [-0.3, -0.25) is 9.59 Å². The van der Waals surface area contributed by atoms with E-state index in [0.717, 1.165) is 37.9 Å². The van der Waals surface area contributed by atoms with E-state index in [1.165, 1.54) is 0 Å². The van der Waals surface area contributed by atoms with Gasteiger partial charge in [-0.2, -0.15) is 11.8 Å². The summed E-state index contributed by atoms with van der Waals surface area (Å²) in [6.07, 6.45) is 7.54. The van der Waals surface area contributed by atoms with Crippen LogP contribution < -0.4 is 27.0 Å². The molecule has 0 bridgehead atoms. The maximum absolute atomic E-state index is 12.0. The molecule has 188 valence electrons. The number of unbranched alkanes of at least 4 members (excludes halogenated alkanes) is 4. The largest absolute Gasteiger partial charge is 0.480 e. The van der Waals surface area contributed by atoms with Crippen molar-refractivity contribution in [1.82, 2.24) is 21.3 Å². The summed E-state index contributed by atoms with van der Waals surface area (Å²) in [7, 11) is 0. The van der Waals surface area contributed by atoms with Gasteiger partial charge in [0.1, 0.15) is 6.04 Å². The highest BCUT2D eigenvalue weighted by Gasteiger charge is 2.42. The van der Waals surface area contributed by atoms with Crippen molar-refractivity contribution in [2.45, 2.75) is 94.0 Å². The average Bonchev–Trinajstić information content (AvgIpc) is 3.32. The van der Waals surface area contributed by atoms with Gasteiger partial charge in [0.05, 0.1) is 12.1 Å². The maximum Gasteiger partial charge on any atom is 0.326 e. The zero-order chi connectivity index (χ0) is 24.1. The standard InChI is InChI=1S/C22H39N5O5S/c23-12-6-1-2-11-19(29)25-15(21(30)31)8-5-7-13-24-18(28)10-4-3-9-17-20-16(14-33-17)26-22(32)27-20/h15-17,20H,1-14,23H2,(H,24,28)(H,25,29)(H,30,31)(H2,26,27,32). The van der Waals surface area contributed by atoms with Crippen molar-refractivity contribution in [2.24, 2.45) is 5.73 Å². The molecule has 4 atom stereocenters. The molecule has 11 heteroatoms. The molecule has 0 aromatic rings. The number of nitrogens with one attached hydrogen (secondary N) is 4. The molecular weight excluding hydrogens is 446 g/mol. The molecule has 0 saturated carbocycles. The molecule has 7 N–H and O–H groups in total. The van der Waals surface area contributed by atoms with Crippen LogP contribution in [0.5, 0.6) is 0 Å². The highest BCUT2D eigenvalue weighted by molar-refractivity contribution is 8.00. The van der Waals surface area contributed by atoms with Gasteiger partial charge in [-0.1, -0.05) is 12.8 Å². The topological polar surface area (TPSA) is 163 Å². The summed E-state index contributed by atoms with van der Waals surface area (Å²) in [5.41, 5.74) is 5.42. The molecule has 33 heavy (non-hydrogen) atoms. The SMILES string of the molecule is NCCCCCC(=O)NC(CCCCNC(=O)CCCCC1SCC2NC(=O)NC21)C(=O)O. The molecule has 2 aliphatic heterocycles. The van der Waals surface area contributed by atoms with Crippen LogP contribution in [0.2, 0.25) is 0 Å². The number of rotatable bonds is 17. The molecule has 2 saturated heterocycles. The first-order valence-electron chi connectivity index (χ1n) is 12.1. The van der Waals surface area contributed by atoms with E-state index in [9.17, 15) is 24.3 Å². The highest BCUT2D eigenvalue weighted by atomic mass is 32.2. The number of amides is 4. The Hall–Kier alpha value is -2.01. The third-order valence-corrected chi connectivity index (χ3v) is 7.57. The van der Waals surface area contributed by atoms with Crippen LogP contribution in [-0.2, 0) is 14.4 Å². The zero-order valence-corrected chi connectivity index (χ0v) is 20.1. The van der Waals surface area contributed by atoms with E-state index >= 15 is 0 Å². The lowest BCUT2D eigenvalue weighted by atomic mass is 10.0. The van der Waals surface area contributed by atoms with Gasteiger partial charge in [-0.15, -0.1) is 0 Å². The first kappa shape index (κ1) is 27.2. The Balaban J connectivity index is 1.48. The summed E-state index contributed by atoms with van der Waals surface area (Å²) in [5.74, 6) is -0.335. The van der Waals surface area contributed by atoms with Crippen molar-refractivity contribution in [3.63, 3.8) is 0 Å². The molecule has 2 heterocycles. The van der Waals surface area contributed by atoms with Crippen LogP contribution in [0, 0.1) is 0 Å². The number of carboxylic acids is 1. The lowest BCUT2D eigenvalue weighted by Gasteiger charge is -2.16.